The summed E-state index contributed by atoms with van der Waals surface area (Å²) in [6.07, 6.45) is 14.6. The van der Waals surface area contributed by atoms with Gasteiger partial charge >= 0.3 is 0 Å². The quantitative estimate of drug-likeness (QED) is 0.564. The molecule has 1 aliphatic carbocycles. The van der Waals surface area contributed by atoms with Gasteiger partial charge in [-0.25, -0.2) is 14.6 Å². The van der Waals surface area contributed by atoms with Gasteiger partial charge in [0.1, 0.15) is 17.5 Å². The largest absolute Gasteiger partial charge is 0.491 e. The summed E-state index contributed by atoms with van der Waals surface area (Å²) in [6, 6.07) is 1.50. The molecule has 1 aliphatic rings. The van der Waals surface area contributed by atoms with Gasteiger partial charge in [0.05, 0.1) is 31.4 Å². The van der Waals surface area contributed by atoms with Crippen molar-refractivity contribution in [3.8, 4) is 11.4 Å². The summed E-state index contributed by atoms with van der Waals surface area (Å²) in [4.78, 5) is 21.6. The summed E-state index contributed by atoms with van der Waals surface area (Å²) in [7, 11) is 3.42. The predicted octanol–water partition coefficient (Wildman–Crippen LogP) is 3.04. The van der Waals surface area contributed by atoms with Gasteiger partial charge in [0, 0.05) is 32.0 Å². The van der Waals surface area contributed by atoms with Crippen molar-refractivity contribution in [3.05, 3.63) is 76.5 Å². The molecule has 0 spiro atoms. The summed E-state index contributed by atoms with van der Waals surface area (Å²) in [5, 5.41) is 8.76. The van der Waals surface area contributed by atoms with Gasteiger partial charge < -0.3 is 9.47 Å². The van der Waals surface area contributed by atoms with E-state index in [2.05, 4.69) is 26.2 Å². The number of hydrogen-bond donors (Lipinski definition) is 0. The third-order valence-electron chi connectivity index (χ3n) is 5.18. The second-order valence-electron chi connectivity index (χ2n) is 7.44. The predicted molar refractivity (Wildman–Crippen MR) is 119 cm³/mol. The lowest BCUT2D eigenvalue weighted by molar-refractivity contribution is 0.124. The summed E-state index contributed by atoms with van der Waals surface area (Å²) in [5.41, 5.74) is 2.78. The van der Waals surface area contributed by atoms with E-state index < -0.39 is 6.10 Å². The van der Waals surface area contributed by atoms with E-state index in [-0.39, 0.29) is 5.43 Å². The van der Waals surface area contributed by atoms with Gasteiger partial charge in [-0.05, 0) is 37.8 Å². The monoisotopic (exact) mass is 434 g/mol. The molecule has 9 heteroatoms. The maximum Gasteiger partial charge on any atom is 0.206 e. The zero-order valence-electron chi connectivity index (χ0n) is 18.4. The number of hydrogen-bond acceptors (Lipinski definition) is 7. The van der Waals surface area contributed by atoms with Gasteiger partial charge in [-0.1, -0.05) is 6.08 Å². The Morgan fingerprint density at radius 2 is 2.03 bits per heavy atom. The van der Waals surface area contributed by atoms with Gasteiger partial charge in [0.15, 0.2) is 11.6 Å². The van der Waals surface area contributed by atoms with Crippen LogP contribution in [0.25, 0.3) is 11.3 Å². The van der Waals surface area contributed by atoms with E-state index in [0.717, 1.165) is 36.1 Å². The molecule has 4 rings (SSSR count). The average Bonchev–Trinajstić information content (AvgIpc) is 3.09. The van der Waals surface area contributed by atoms with Crippen molar-refractivity contribution in [2.45, 2.75) is 32.3 Å². The molecule has 0 amide bonds. The third kappa shape index (κ3) is 4.67. The molecule has 0 radical (unpaired) electrons. The van der Waals surface area contributed by atoms with Crippen molar-refractivity contribution in [1.82, 2.24) is 29.5 Å². The van der Waals surface area contributed by atoms with Crippen LogP contribution in [0.1, 0.15) is 43.8 Å². The summed E-state index contributed by atoms with van der Waals surface area (Å²) >= 11 is 0. The Hall–Kier alpha value is -3.59. The number of methoxy groups -OCH3 is 1. The molecule has 0 N–H and O–H groups in total. The highest BCUT2D eigenvalue weighted by molar-refractivity contribution is 5.71. The molecule has 1 atom stereocenters. The lowest BCUT2D eigenvalue weighted by atomic mass is 10.00. The first-order valence-electron chi connectivity index (χ1n) is 10.6. The number of allylic oxidation sites excluding steroid dienone is 3. The maximum atomic E-state index is 12.7. The normalized spacial score (nSPS) is 15.0. The molecule has 0 fully saturated rings. The van der Waals surface area contributed by atoms with Crippen LogP contribution in [0.3, 0.4) is 0 Å². The van der Waals surface area contributed by atoms with Crippen molar-refractivity contribution in [2.75, 3.05) is 13.7 Å². The number of aromatic nitrogens is 6. The Labute approximate surface area is 186 Å². The molecule has 1 unspecified atom stereocenters. The van der Waals surface area contributed by atoms with Crippen molar-refractivity contribution in [2.24, 2.45) is 7.05 Å². The zero-order chi connectivity index (χ0) is 22.5. The molecule has 0 saturated carbocycles. The van der Waals surface area contributed by atoms with Crippen molar-refractivity contribution in [1.29, 1.82) is 0 Å². The highest BCUT2D eigenvalue weighted by Gasteiger charge is 2.23. The van der Waals surface area contributed by atoms with Crippen LogP contribution in [0.4, 0.5) is 0 Å². The Bertz CT molecular complexity index is 1190. The smallest absolute Gasteiger partial charge is 0.206 e. The summed E-state index contributed by atoms with van der Waals surface area (Å²) < 4.78 is 14.6. The minimum atomic E-state index is -0.573. The first-order chi connectivity index (χ1) is 15.6. The Kier molecular flexibility index (Phi) is 6.55. The second kappa shape index (κ2) is 9.69. The zero-order valence-corrected chi connectivity index (χ0v) is 18.4. The minimum Gasteiger partial charge on any atom is -0.491 e. The molecular formula is C23H26N6O3. The second-order valence-corrected chi connectivity index (χ2v) is 7.44. The standard InChI is InChI=1S/C23H26N6O3/c1-4-32-19-13-24-23(25-14-19)17-8-6-5-7-16(11-17)22(31-3)21-20(30)9-10-29(27-21)18-12-26-28(2)15-18/h8-15,22H,4-7H2,1-3H3. The van der Waals surface area contributed by atoms with E-state index in [1.807, 2.05) is 26.2 Å². The van der Waals surface area contributed by atoms with Crippen LogP contribution < -0.4 is 10.2 Å². The molecular weight excluding hydrogens is 408 g/mol. The number of nitrogens with zero attached hydrogens (tertiary/aromatic N) is 6. The van der Waals surface area contributed by atoms with E-state index in [4.69, 9.17) is 9.47 Å². The van der Waals surface area contributed by atoms with Crippen molar-refractivity contribution >= 4 is 5.57 Å². The van der Waals surface area contributed by atoms with Crippen LogP contribution in [-0.4, -0.2) is 43.2 Å². The van der Waals surface area contributed by atoms with E-state index in [9.17, 15) is 4.79 Å². The van der Waals surface area contributed by atoms with Crippen molar-refractivity contribution < 1.29 is 9.47 Å². The first kappa shape index (κ1) is 21.6. The SMILES string of the molecule is CCOc1cnc(C2=CCCCC(C(OC)c3nn(-c4cnn(C)c4)ccc3=O)=C2)nc1. The molecule has 9 nitrogen and oxygen atoms in total. The molecule has 3 heterocycles. The highest BCUT2D eigenvalue weighted by Crippen LogP contribution is 2.32. The van der Waals surface area contributed by atoms with Crippen molar-refractivity contribution in [3.63, 3.8) is 0 Å². The summed E-state index contributed by atoms with van der Waals surface area (Å²) in [6.45, 7) is 2.48. The fraction of sp³-hybridized carbons (Fsp3) is 0.348. The minimum absolute atomic E-state index is 0.176. The maximum absolute atomic E-state index is 12.7. The van der Waals surface area contributed by atoms with Crippen LogP contribution in [0, 0.1) is 0 Å². The van der Waals surface area contributed by atoms with Crippen LogP contribution in [0.15, 0.2) is 59.6 Å². The number of rotatable bonds is 7. The molecule has 3 aromatic heterocycles. The lowest BCUT2D eigenvalue weighted by Crippen LogP contribution is -2.21. The molecule has 0 aliphatic heterocycles. The molecule has 32 heavy (non-hydrogen) atoms. The van der Waals surface area contributed by atoms with E-state index >= 15 is 0 Å². The highest BCUT2D eigenvalue weighted by atomic mass is 16.5. The molecule has 0 aromatic carbocycles. The Morgan fingerprint density at radius 1 is 1.22 bits per heavy atom. The average molecular weight is 435 g/mol. The van der Waals surface area contributed by atoms with E-state index in [0.29, 0.717) is 23.9 Å². The Balaban J connectivity index is 1.69. The van der Waals surface area contributed by atoms with Gasteiger partial charge in [0.2, 0.25) is 5.43 Å². The number of ether oxygens (including phenoxy) is 2. The Morgan fingerprint density at radius 3 is 2.72 bits per heavy atom. The van der Waals surface area contributed by atoms with E-state index in [1.165, 1.54) is 6.07 Å². The van der Waals surface area contributed by atoms with Gasteiger partial charge in [-0.3, -0.25) is 9.48 Å². The topological polar surface area (TPSA) is 97.0 Å². The molecule has 3 aromatic rings. The molecule has 0 saturated heterocycles. The van der Waals surface area contributed by atoms with Crippen LogP contribution in [0.5, 0.6) is 5.75 Å². The summed E-state index contributed by atoms with van der Waals surface area (Å²) in [5.74, 6) is 1.24. The van der Waals surface area contributed by atoms with Gasteiger partial charge in [-0.2, -0.15) is 10.2 Å². The van der Waals surface area contributed by atoms with Gasteiger partial charge in [-0.15, -0.1) is 0 Å². The van der Waals surface area contributed by atoms with E-state index in [1.54, 1.807) is 41.3 Å². The fourth-order valence-corrected chi connectivity index (χ4v) is 3.68. The number of aryl methyl sites for hydroxylation is 1. The fourth-order valence-electron chi connectivity index (χ4n) is 3.68. The van der Waals surface area contributed by atoms with Gasteiger partial charge in [0.25, 0.3) is 0 Å². The van der Waals surface area contributed by atoms with Crippen LogP contribution >= 0.6 is 0 Å². The third-order valence-corrected chi connectivity index (χ3v) is 5.18. The lowest BCUT2D eigenvalue weighted by Gasteiger charge is -2.18. The van der Waals surface area contributed by atoms with Crippen LogP contribution in [-0.2, 0) is 11.8 Å². The molecule has 0 bridgehead atoms. The van der Waals surface area contributed by atoms with Crippen LogP contribution in [0.2, 0.25) is 0 Å². The molecule has 166 valence electrons. The first-order valence-corrected chi connectivity index (χ1v) is 10.6.